The van der Waals surface area contributed by atoms with E-state index in [1.165, 1.54) is 5.56 Å². The zero-order chi connectivity index (χ0) is 15.5. The lowest BCUT2D eigenvalue weighted by molar-refractivity contribution is -0.0598. The van der Waals surface area contributed by atoms with Crippen molar-refractivity contribution < 1.29 is 19.7 Å². The van der Waals surface area contributed by atoms with E-state index in [1.54, 1.807) is 13.2 Å². The molecule has 4 unspecified atom stereocenters. The summed E-state index contributed by atoms with van der Waals surface area (Å²) in [6, 6.07) is 3.99. The molecule has 1 aromatic carbocycles. The Morgan fingerprint density at radius 1 is 1.36 bits per heavy atom. The molecule has 4 atom stereocenters. The van der Waals surface area contributed by atoms with Gasteiger partial charge in [-0.05, 0) is 25.1 Å². The number of ether oxygens (including phenoxy) is 2. The molecule has 1 spiro atoms. The van der Waals surface area contributed by atoms with Crippen molar-refractivity contribution in [2.24, 2.45) is 0 Å². The summed E-state index contributed by atoms with van der Waals surface area (Å²) in [6.45, 7) is 0.783. The Kier molecular flexibility index (Phi) is 3.01. The molecule has 118 valence electrons. The molecule has 4 rings (SSSR count). The van der Waals surface area contributed by atoms with E-state index < -0.39 is 17.7 Å². The summed E-state index contributed by atoms with van der Waals surface area (Å²) < 4.78 is 11.6. The monoisotopic (exact) mass is 303 g/mol. The van der Waals surface area contributed by atoms with Crippen LogP contribution in [0, 0.1) is 0 Å². The second kappa shape index (κ2) is 4.72. The Bertz CT molecular complexity index is 644. The molecule has 1 aliphatic carbocycles. The zero-order valence-corrected chi connectivity index (χ0v) is 12.8. The maximum absolute atomic E-state index is 11.0. The molecular formula is C17H21NO4. The van der Waals surface area contributed by atoms with Crippen LogP contribution in [0.5, 0.6) is 11.5 Å². The van der Waals surface area contributed by atoms with E-state index in [9.17, 15) is 10.2 Å². The standard InChI is InChI=1S/C17H21NO4/c1-18-8-6-10-3-4-12(21-2)15-14(10)17(16(18)20)7-5-11(19)9-13(17)22-15/h3-5,7,11,13,16,19-20H,6,8-9H2,1-2H3. The van der Waals surface area contributed by atoms with Gasteiger partial charge in [0.15, 0.2) is 11.5 Å². The first kappa shape index (κ1) is 14.1. The number of likely N-dealkylation sites (N-methyl/N-ethyl adjacent to an activating group) is 1. The molecule has 2 aliphatic heterocycles. The van der Waals surface area contributed by atoms with Crippen LogP contribution in [0.15, 0.2) is 24.3 Å². The molecule has 3 aliphatic rings. The molecule has 2 N–H and O–H groups in total. The Morgan fingerprint density at radius 2 is 2.18 bits per heavy atom. The van der Waals surface area contributed by atoms with Crippen LogP contribution in [0.1, 0.15) is 17.5 Å². The second-order valence-corrected chi connectivity index (χ2v) is 6.44. The molecule has 0 radical (unpaired) electrons. The summed E-state index contributed by atoms with van der Waals surface area (Å²) in [5, 5.41) is 21.0. The van der Waals surface area contributed by atoms with Crippen LogP contribution >= 0.6 is 0 Å². The van der Waals surface area contributed by atoms with Crippen LogP contribution in [0.25, 0.3) is 0 Å². The maximum atomic E-state index is 11.0. The van der Waals surface area contributed by atoms with Crippen molar-refractivity contribution in [3.05, 3.63) is 35.4 Å². The largest absolute Gasteiger partial charge is 0.493 e. The lowest BCUT2D eigenvalue weighted by Crippen LogP contribution is -2.55. The van der Waals surface area contributed by atoms with Crippen LogP contribution in [0.2, 0.25) is 0 Å². The van der Waals surface area contributed by atoms with Crippen LogP contribution in [0.3, 0.4) is 0 Å². The first-order valence-electron chi connectivity index (χ1n) is 7.70. The normalized spacial score (nSPS) is 36.3. The van der Waals surface area contributed by atoms with Crippen LogP contribution in [0.4, 0.5) is 0 Å². The van der Waals surface area contributed by atoms with Gasteiger partial charge in [-0.25, -0.2) is 0 Å². The number of aliphatic hydroxyl groups is 2. The number of hydrogen-bond acceptors (Lipinski definition) is 5. The maximum Gasteiger partial charge on any atom is 0.166 e. The van der Waals surface area contributed by atoms with Crippen LogP contribution in [-0.4, -0.2) is 54.3 Å². The van der Waals surface area contributed by atoms with Gasteiger partial charge in [-0.2, -0.15) is 0 Å². The smallest absolute Gasteiger partial charge is 0.166 e. The quantitative estimate of drug-likeness (QED) is 0.752. The summed E-state index contributed by atoms with van der Waals surface area (Å²) in [7, 11) is 3.55. The molecule has 2 heterocycles. The van der Waals surface area contributed by atoms with Crippen molar-refractivity contribution in [1.82, 2.24) is 4.90 Å². The highest BCUT2D eigenvalue weighted by atomic mass is 16.5. The molecule has 0 saturated carbocycles. The summed E-state index contributed by atoms with van der Waals surface area (Å²) >= 11 is 0. The van der Waals surface area contributed by atoms with Crippen molar-refractivity contribution in [3.8, 4) is 11.5 Å². The highest BCUT2D eigenvalue weighted by molar-refractivity contribution is 5.61. The molecule has 5 heteroatoms. The predicted octanol–water partition coefficient (Wildman–Crippen LogP) is 0.821. The van der Waals surface area contributed by atoms with Crippen molar-refractivity contribution in [2.75, 3.05) is 20.7 Å². The van der Waals surface area contributed by atoms with E-state index in [0.29, 0.717) is 12.2 Å². The van der Waals surface area contributed by atoms with Gasteiger partial charge in [-0.3, -0.25) is 4.90 Å². The minimum Gasteiger partial charge on any atom is -0.493 e. The molecule has 0 bridgehead atoms. The van der Waals surface area contributed by atoms with Gasteiger partial charge in [0.2, 0.25) is 0 Å². The first-order chi connectivity index (χ1) is 10.6. The number of aliphatic hydroxyl groups excluding tert-OH is 2. The van der Waals surface area contributed by atoms with Gasteiger partial charge in [0.25, 0.3) is 0 Å². The first-order valence-corrected chi connectivity index (χ1v) is 7.70. The molecule has 22 heavy (non-hydrogen) atoms. The highest BCUT2D eigenvalue weighted by Gasteiger charge is 2.58. The van der Waals surface area contributed by atoms with Crippen LogP contribution in [-0.2, 0) is 11.8 Å². The minimum absolute atomic E-state index is 0.284. The van der Waals surface area contributed by atoms with Gasteiger partial charge < -0.3 is 19.7 Å². The fraction of sp³-hybridized carbons (Fsp3) is 0.529. The second-order valence-electron chi connectivity index (χ2n) is 6.44. The van der Waals surface area contributed by atoms with E-state index in [1.807, 2.05) is 24.1 Å². The van der Waals surface area contributed by atoms with Crippen molar-refractivity contribution in [2.45, 2.75) is 36.7 Å². The number of methoxy groups -OCH3 is 1. The van der Waals surface area contributed by atoms with Crippen LogP contribution < -0.4 is 9.47 Å². The Balaban J connectivity index is 2.00. The number of nitrogens with zero attached hydrogens (tertiary/aromatic N) is 1. The third kappa shape index (κ3) is 1.64. The van der Waals surface area contributed by atoms with Gasteiger partial charge in [0, 0.05) is 18.5 Å². The number of hydrogen-bond donors (Lipinski definition) is 2. The van der Waals surface area contributed by atoms with E-state index in [0.717, 1.165) is 24.3 Å². The van der Waals surface area contributed by atoms with E-state index in [2.05, 4.69) is 6.07 Å². The summed E-state index contributed by atoms with van der Waals surface area (Å²) in [5.41, 5.74) is 1.57. The van der Waals surface area contributed by atoms with E-state index >= 15 is 0 Å². The highest BCUT2D eigenvalue weighted by Crippen LogP contribution is 2.55. The van der Waals surface area contributed by atoms with Gasteiger partial charge in [-0.15, -0.1) is 0 Å². The molecule has 5 nitrogen and oxygen atoms in total. The molecule has 0 aromatic heterocycles. The number of rotatable bonds is 1. The SMILES string of the molecule is COc1ccc2c3c1OC1CC(O)C=CC31C(O)N(C)CC2. The predicted molar refractivity (Wildman–Crippen MR) is 81.2 cm³/mol. The third-order valence-electron chi connectivity index (χ3n) is 5.28. The van der Waals surface area contributed by atoms with Gasteiger partial charge in [-0.1, -0.05) is 18.2 Å². The van der Waals surface area contributed by atoms with Crippen molar-refractivity contribution in [1.29, 1.82) is 0 Å². The molecule has 0 amide bonds. The fourth-order valence-corrected chi connectivity index (χ4v) is 4.13. The summed E-state index contributed by atoms with van der Waals surface area (Å²) in [6.07, 6.45) is 3.53. The Hall–Kier alpha value is -1.56. The molecule has 1 aromatic rings. The third-order valence-corrected chi connectivity index (χ3v) is 5.28. The fourth-order valence-electron chi connectivity index (χ4n) is 4.13. The number of benzene rings is 1. The summed E-state index contributed by atoms with van der Waals surface area (Å²) in [4.78, 5) is 1.96. The zero-order valence-electron chi connectivity index (χ0n) is 12.8. The minimum atomic E-state index is -0.684. The molecular weight excluding hydrogens is 282 g/mol. The average Bonchev–Trinajstić information content (AvgIpc) is 2.81. The summed E-state index contributed by atoms with van der Waals surface area (Å²) in [5.74, 6) is 1.41. The van der Waals surface area contributed by atoms with Gasteiger partial charge in [0.05, 0.1) is 18.6 Å². The Labute approximate surface area is 129 Å². The average molecular weight is 303 g/mol. The topological polar surface area (TPSA) is 62.2 Å². The lowest BCUT2D eigenvalue weighted by atomic mass is 9.69. The van der Waals surface area contributed by atoms with E-state index in [4.69, 9.17) is 9.47 Å². The van der Waals surface area contributed by atoms with Gasteiger partial charge >= 0.3 is 0 Å². The van der Waals surface area contributed by atoms with E-state index in [-0.39, 0.29) is 6.10 Å². The van der Waals surface area contributed by atoms with Crippen molar-refractivity contribution >= 4 is 0 Å². The van der Waals surface area contributed by atoms with Crippen molar-refractivity contribution in [3.63, 3.8) is 0 Å². The lowest BCUT2D eigenvalue weighted by Gasteiger charge is -2.41. The molecule has 0 fully saturated rings. The Morgan fingerprint density at radius 3 is 2.95 bits per heavy atom. The van der Waals surface area contributed by atoms with Gasteiger partial charge in [0.1, 0.15) is 12.3 Å². The molecule has 0 saturated heterocycles.